The van der Waals surface area contributed by atoms with Gasteiger partial charge in [-0.25, -0.2) is 5.01 Å². The molecule has 1 saturated heterocycles. The molecule has 0 spiro atoms. The topological polar surface area (TPSA) is 66.7 Å². The Morgan fingerprint density at radius 2 is 2.00 bits per heavy atom. The van der Waals surface area contributed by atoms with Crippen molar-refractivity contribution in [2.45, 2.75) is 20.3 Å². The number of thioether (sulfide) groups is 1. The van der Waals surface area contributed by atoms with Gasteiger partial charge < -0.3 is 4.52 Å². The average molecular weight is 283 g/mol. The minimum absolute atomic E-state index is 0.0369. The number of hydrogen-bond acceptors (Lipinski definition) is 5. The van der Waals surface area contributed by atoms with Crippen molar-refractivity contribution < 1.29 is 14.1 Å². The molecule has 1 aliphatic rings. The molecule has 2 amide bonds. The third kappa shape index (κ3) is 2.60. The lowest BCUT2D eigenvalue weighted by atomic mass is 10.2. The van der Waals surface area contributed by atoms with Crippen LogP contribution in [-0.4, -0.2) is 52.1 Å². The molecule has 1 fully saturated rings. The van der Waals surface area contributed by atoms with Crippen LogP contribution in [0.25, 0.3) is 0 Å². The molecule has 0 saturated carbocycles. The number of aryl methyl sites for hydroxylation is 2. The summed E-state index contributed by atoms with van der Waals surface area (Å²) in [4.78, 5) is 24.5. The maximum Gasteiger partial charge on any atom is 0.277 e. The summed E-state index contributed by atoms with van der Waals surface area (Å²) in [5.41, 5.74) is 1.02. The van der Waals surface area contributed by atoms with Gasteiger partial charge >= 0.3 is 0 Å². The van der Waals surface area contributed by atoms with Crippen LogP contribution < -0.4 is 0 Å². The largest absolute Gasteiger partial charge is 0.361 e. The summed E-state index contributed by atoms with van der Waals surface area (Å²) in [6.07, 6.45) is 2.67. The molecule has 0 atom stereocenters. The fourth-order valence-corrected chi connectivity index (χ4v) is 2.59. The average Bonchev–Trinajstić information content (AvgIpc) is 2.96. The molecule has 7 heteroatoms. The maximum absolute atomic E-state index is 12.5. The summed E-state index contributed by atoms with van der Waals surface area (Å²) in [5, 5.41) is 6.82. The maximum atomic E-state index is 12.5. The smallest absolute Gasteiger partial charge is 0.277 e. The van der Waals surface area contributed by atoms with E-state index in [-0.39, 0.29) is 11.8 Å². The van der Waals surface area contributed by atoms with Crippen LogP contribution >= 0.6 is 11.8 Å². The van der Waals surface area contributed by atoms with Crippen LogP contribution in [0.1, 0.15) is 28.2 Å². The van der Waals surface area contributed by atoms with Crippen LogP contribution in [0.3, 0.4) is 0 Å². The summed E-state index contributed by atoms with van der Waals surface area (Å²) in [7, 11) is 0. The van der Waals surface area contributed by atoms with E-state index >= 15 is 0 Å². The monoisotopic (exact) mass is 283 g/mol. The van der Waals surface area contributed by atoms with Crippen molar-refractivity contribution in [1.29, 1.82) is 0 Å². The van der Waals surface area contributed by atoms with Crippen LogP contribution in [-0.2, 0) is 4.79 Å². The van der Waals surface area contributed by atoms with Gasteiger partial charge in [-0.1, -0.05) is 5.16 Å². The molecule has 1 aromatic heterocycles. The SMILES string of the molecule is CSCC(=O)N1CCCN1C(=O)c1c(C)noc1C. The Bertz CT molecular complexity index is 481. The molecule has 0 N–H and O–H groups in total. The molecular weight excluding hydrogens is 266 g/mol. The predicted octanol–water partition coefficient (Wildman–Crippen LogP) is 1.24. The summed E-state index contributed by atoms with van der Waals surface area (Å²) in [5.74, 6) is 0.630. The third-order valence-electron chi connectivity index (χ3n) is 3.07. The lowest BCUT2D eigenvalue weighted by Crippen LogP contribution is -2.45. The van der Waals surface area contributed by atoms with E-state index in [1.165, 1.54) is 21.8 Å². The van der Waals surface area contributed by atoms with Crippen LogP contribution in [0.2, 0.25) is 0 Å². The molecule has 2 heterocycles. The Morgan fingerprint density at radius 3 is 2.58 bits per heavy atom. The van der Waals surface area contributed by atoms with Crippen LogP contribution in [0.4, 0.5) is 0 Å². The highest BCUT2D eigenvalue weighted by Gasteiger charge is 2.33. The first-order chi connectivity index (χ1) is 9.06. The number of rotatable bonds is 3. The normalized spacial score (nSPS) is 15.1. The van der Waals surface area contributed by atoms with E-state index in [0.717, 1.165) is 6.42 Å². The Morgan fingerprint density at radius 1 is 1.32 bits per heavy atom. The highest BCUT2D eigenvalue weighted by Crippen LogP contribution is 2.20. The first-order valence-electron chi connectivity index (χ1n) is 6.10. The summed E-state index contributed by atoms with van der Waals surface area (Å²) < 4.78 is 5.01. The Hall–Kier alpha value is -1.50. The zero-order chi connectivity index (χ0) is 14.0. The van der Waals surface area contributed by atoms with Gasteiger partial charge in [0.2, 0.25) is 0 Å². The molecule has 1 aliphatic heterocycles. The lowest BCUT2D eigenvalue weighted by molar-refractivity contribution is -0.137. The number of carbonyl (C=O) groups is 2. The van der Waals surface area contributed by atoms with Gasteiger partial charge in [0.15, 0.2) is 0 Å². The van der Waals surface area contributed by atoms with E-state index < -0.39 is 0 Å². The van der Waals surface area contributed by atoms with Gasteiger partial charge in [0.1, 0.15) is 11.3 Å². The quantitative estimate of drug-likeness (QED) is 0.835. The van der Waals surface area contributed by atoms with Gasteiger partial charge in [0, 0.05) is 13.1 Å². The van der Waals surface area contributed by atoms with E-state index in [1.54, 1.807) is 13.8 Å². The second-order valence-corrected chi connectivity index (χ2v) is 5.30. The summed E-state index contributed by atoms with van der Waals surface area (Å²) >= 11 is 1.45. The fourth-order valence-electron chi connectivity index (χ4n) is 2.20. The number of aromatic nitrogens is 1. The van der Waals surface area contributed by atoms with Gasteiger partial charge in [0.25, 0.3) is 11.8 Å². The second kappa shape index (κ2) is 5.64. The lowest BCUT2D eigenvalue weighted by Gasteiger charge is -2.27. The van der Waals surface area contributed by atoms with Gasteiger partial charge in [-0.2, -0.15) is 11.8 Å². The van der Waals surface area contributed by atoms with Crippen molar-refractivity contribution in [1.82, 2.24) is 15.2 Å². The molecule has 0 unspecified atom stereocenters. The van der Waals surface area contributed by atoms with E-state index in [1.807, 2.05) is 6.26 Å². The predicted molar refractivity (Wildman–Crippen MR) is 71.7 cm³/mol. The zero-order valence-corrected chi connectivity index (χ0v) is 12.1. The minimum Gasteiger partial charge on any atom is -0.361 e. The number of amides is 2. The third-order valence-corrected chi connectivity index (χ3v) is 3.60. The number of carbonyl (C=O) groups excluding carboxylic acids is 2. The van der Waals surface area contributed by atoms with Gasteiger partial charge in [-0.3, -0.25) is 14.6 Å². The summed E-state index contributed by atoms with van der Waals surface area (Å²) in [6.45, 7) is 4.59. The Kier molecular flexibility index (Phi) is 4.14. The van der Waals surface area contributed by atoms with E-state index in [0.29, 0.717) is 35.9 Å². The molecule has 1 aromatic rings. The second-order valence-electron chi connectivity index (χ2n) is 4.43. The Labute approximate surface area is 116 Å². The van der Waals surface area contributed by atoms with Crippen molar-refractivity contribution in [2.24, 2.45) is 0 Å². The van der Waals surface area contributed by atoms with E-state index in [4.69, 9.17) is 4.52 Å². The van der Waals surface area contributed by atoms with Gasteiger partial charge in [0.05, 0.1) is 11.4 Å². The standard InChI is InChI=1S/C12H17N3O3S/c1-8-11(9(2)18-13-8)12(17)15-6-4-5-14(15)10(16)7-19-3/h4-7H2,1-3H3. The fraction of sp³-hybridized carbons (Fsp3) is 0.583. The number of hydrogen-bond donors (Lipinski definition) is 0. The molecule has 19 heavy (non-hydrogen) atoms. The molecule has 2 rings (SSSR count). The summed E-state index contributed by atoms with van der Waals surface area (Å²) in [6, 6.07) is 0. The molecule has 0 aliphatic carbocycles. The minimum atomic E-state index is -0.205. The number of nitrogens with zero attached hydrogens (tertiary/aromatic N) is 3. The van der Waals surface area contributed by atoms with E-state index in [9.17, 15) is 9.59 Å². The highest BCUT2D eigenvalue weighted by atomic mass is 32.2. The highest BCUT2D eigenvalue weighted by molar-refractivity contribution is 7.99. The zero-order valence-electron chi connectivity index (χ0n) is 11.3. The molecule has 0 aromatic carbocycles. The molecule has 0 bridgehead atoms. The van der Waals surface area contributed by atoms with Gasteiger partial charge in [-0.15, -0.1) is 0 Å². The Balaban J connectivity index is 2.21. The first kappa shape index (κ1) is 13.9. The van der Waals surface area contributed by atoms with Crippen LogP contribution in [0, 0.1) is 13.8 Å². The molecule has 104 valence electrons. The first-order valence-corrected chi connectivity index (χ1v) is 7.49. The van der Waals surface area contributed by atoms with Crippen molar-refractivity contribution in [3.63, 3.8) is 0 Å². The number of hydrazine groups is 1. The molecular formula is C12H17N3O3S. The van der Waals surface area contributed by atoms with Crippen molar-refractivity contribution in [3.05, 3.63) is 17.0 Å². The van der Waals surface area contributed by atoms with Crippen LogP contribution in [0.5, 0.6) is 0 Å². The van der Waals surface area contributed by atoms with E-state index in [2.05, 4.69) is 5.16 Å². The molecule has 6 nitrogen and oxygen atoms in total. The van der Waals surface area contributed by atoms with Crippen molar-refractivity contribution in [3.8, 4) is 0 Å². The van der Waals surface area contributed by atoms with Crippen molar-refractivity contribution in [2.75, 3.05) is 25.1 Å². The van der Waals surface area contributed by atoms with Gasteiger partial charge in [-0.05, 0) is 26.5 Å². The molecule has 0 radical (unpaired) electrons. The van der Waals surface area contributed by atoms with Crippen LogP contribution in [0.15, 0.2) is 4.52 Å². The van der Waals surface area contributed by atoms with Crippen molar-refractivity contribution >= 4 is 23.6 Å².